The molecule has 0 aliphatic carbocycles. The predicted octanol–water partition coefficient (Wildman–Crippen LogP) is 4.85. The van der Waals surface area contributed by atoms with Crippen LogP contribution in [0, 0.1) is 6.92 Å². The molecule has 0 bridgehead atoms. The van der Waals surface area contributed by atoms with Crippen molar-refractivity contribution in [2.24, 2.45) is 4.99 Å². The van der Waals surface area contributed by atoms with Crippen molar-refractivity contribution in [3.8, 4) is 0 Å². The maximum atomic E-state index is 6.18. The largest absolute Gasteiger partial charge is 0.257 e. The van der Waals surface area contributed by atoms with Crippen molar-refractivity contribution in [2.75, 3.05) is 0 Å². The quantitative estimate of drug-likeness (QED) is 0.691. The van der Waals surface area contributed by atoms with Crippen molar-refractivity contribution < 1.29 is 0 Å². The number of aryl methyl sites for hydroxylation is 2. The van der Waals surface area contributed by atoms with E-state index in [1.807, 2.05) is 43.5 Å². The molecule has 1 aliphatic rings. The minimum atomic E-state index is 0.786. The average molecular weight is 322 g/mol. The van der Waals surface area contributed by atoms with E-state index in [9.17, 15) is 0 Å². The number of fused-ring (bicyclic) bond motifs is 2. The standard InChI is InChI=1S/C19H16ClN3/c1-12-8-13-9-14(22-19(13)10-16(12)20)6-7-15-11-21-17-4-2-3-5-18(17)23-15/h2-5,8,10-11H,6-7,9H2,1H3. The lowest BCUT2D eigenvalue weighted by Crippen LogP contribution is -2.02. The highest BCUT2D eigenvalue weighted by molar-refractivity contribution is 6.31. The van der Waals surface area contributed by atoms with Gasteiger partial charge in [-0.25, -0.2) is 4.98 Å². The minimum Gasteiger partial charge on any atom is -0.257 e. The van der Waals surface area contributed by atoms with Crippen molar-refractivity contribution >= 4 is 34.0 Å². The Bertz CT molecular complexity index is 931. The van der Waals surface area contributed by atoms with Gasteiger partial charge in [-0.15, -0.1) is 0 Å². The van der Waals surface area contributed by atoms with Crippen molar-refractivity contribution in [3.05, 3.63) is 64.4 Å². The summed E-state index contributed by atoms with van der Waals surface area (Å²) in [5, 5.41) is 0.786. The van der Waals surface area contributed by atoms with Gasteiger partial charge < -0.3 is 0 Å². The molecule has 0 spiro atoms. The number of aromatic nitrogens is 2. The summed E-state index contributed by atoms with van der Waals surface area (Å²) in [4.78, 5) is 13.9. The van der Waals surface area contributed by atoms with Crippen LogP contribution in [-0.4, -0.2) is 15.7 Å². The van der Waals surface area contributed by atoms with Crippen LogP contribution in [0.2, 0.25) is 5.02 Å². The second-order valence-electron chi connectivity index (χ2n) is 5.93. The molecule has 4 rings (SSSR count). The molecule has 23 heavy (non-hydrogen) atoms. The van der Waals surface area contributed by atoms with Gasteiger partial charge in [-0.05, 0) is 49.1 Å². The summed E-state index contributed by atoms with van der Waals surface area (Å²) in [6, 6.07) is 12.1. The van der Waals surface area contributed by atoms with E-state index in [1.165, 1.54) is 11.3 Å². The predicted molar refractivity (Wildman–Crippen MR) is 94.8 cm³/mol. The molecule has 4 heteroatoms. The van der Waals surface area contributed by atoms with E-state index < -0.39 is 0 Å². The highest BCUT2D eigenvalue weighted by atomic mass is 35.5. The number of benzene rings is 2. The number of nitrogens with zero attached hydrogens (tertiary/aromatic N) is 3. The molecule has 2 heterocycles. The second kappa shape index (κ2) is 5.74. The van der Waals surface area contributed by atoms with Crippen molar-refractivity contribution in [1.82, 2.24) is 9.97 Å². The Morgan fingerprint density at radius 3 is 2.78 bits per heavy atom. The summed E-state index contributed by atoms with van der Waals surface area (Å²) >= 11 is 6.18. The van der Waals surface area contributed by atoms with E-state index in [2.05, 4.69) is 16.0 Å². The maximum absolute atomic E-state index is 6.18. The van der Waals surface area contributed by atoms with Gasteiger partial charge in [0.15, 0.2) is 0 Å². The average Bonchev–Trinajstić information content (AvgIpc) is 2.95. The molecule has 1 aliphatic heterocycles. The molecule has 0 unspecified atom stereocenters. The lowest BCUT2D eigenvalue weighted by Gasteiger charge is -2.03. The Balaban J connectivity index is 1.50. The molecule has 0 N–H and O–H groups in total. The topological polar surface area (TPSA) is 38.1 Å². The number of hydrogen-bond donors (Lipinski definition) is 0. The molecule has 0 saturated heterocycles. The minimum absolute atomic E-state index is 0.786. The van der Waals surface area contributed by atoms with Gasteiger partial charge in [-0.1, -0.05) is 29.8 Å². The summed E-state index contributed by atoms with van der Waals surface area (Å²) in [6.45, 7) is 2.03. The third kappa shape index (κ3) is 2.84. The van der Waals surface area contributed by atoms with Gasteiger partial charge in [0.25, 0.3) is 0 Å². The van der Waals surface area contributed by atoms with Crippen LogP contribution >= 0.6 is 11.6 Å². The van der Waals surface area contributed by atoms with Crippen LogP contribution < -0.4 is 0 Å². The Morgan fingerprint density at radius 2 is 1.91 bits per heavy atom. The first-order valence-electron chi connectivity index (χ1n) is 7.75. The molecule has 3 nitrogen and oxygen atoms in total. The van der Waals surface area contributed by atoms with Crippen molar-refractivity contribution in [1.29, 1.82) is 0 Å². The van der Waals surface area contributed by atoms with Crippen LogP contribution in [0.25, 0.3) is 11.0 Å². The third-order valence-corrected chi connectivity index (χ3v) is 4.61. The number of rotatable bonds is 3. The van der Waals surface area contributed by atoms with Crippen LogP contribution in [0.5, 0.6) is 0 Å². The zero-order valence-corrected chi connectivity index (χ0v) is 13.6. The summed E-state index contributed by atoms with van der Waals surface area (Å²) in [5.41, 5.74) is 7.48. The Kier molecular flexibility index (Phi) is 3.58. The van der Waals surface area contributed by atoms with Crippen LogP contribution in [-0.2, 0) is 12.8 Å². The van der Waals surface area contributed by atoms with Gasteiger partial charge in [-0.3, -0.25) is 9.98 Å². The lowest BCUT2D eigenvalue weighted by molar-refractivity contribution is 0.959. The first-order chi connectivity index (χ1) is 11.2. The van der Waals surface area contributed by atoms with Crippen LogP contribution in [0.4, 0.5) is 5.69 Å². The smallest absolute Gasteiger partial charge is 0.0890 e. The van der Waals surface area contributed by atoms with Crippen LogP contribution in [0.3, 0.4) is 0 Å². The monoisotopic (exact) mass is 321 g/mol. The molecule has 3 aromatic rings. The normalized spacial score (nSPS) is 13.2. The molecule has 0 atom stereocenters. The summed E-state index contributed by atoms with van der Waals surface area (Å²) in [5.74, 6) is 0. The van der Waals surface area contributed by atoms with E-state index in [4.69, 9.17) is 16.6 Å². The van der Waals surface area contributed by atoms with E-state index in [1.54, 1.807) is 0 Å². The van der Waals surface area contributed by atoms with E-state index in [-0.39, 0.29) is 0 Å². The Labute approximate surface area is 140 Å². The molecule has 0 amide bonds. The van der Waals surface area contributed by atoms with E-state index >= 15 is 0 Å². The highest BCUT2D eigenvalue weighted by Crippen LogP contribution is 2.32. The molecule has 0 saturated carbocycles. The van der Waals surface area contributed by atoms with Crippen molar-refractivity contribution in [3.63, 3.8) is 0 Å². The molecule has 0 radical (unpaired) electrons. The van der Waals surface area contributed by atoms with E-state index in [0.29, 0.717) is 0 Å². The van der Waals surface area contributed by atoms with Crippen LogP contribution in [0.1, 0.15) is 23.2 Å². The molecule has 1 aromatic heterocycles. The number of para-hydroxylation sites is 2. The Hall–Kier alpha value is -2.26. The fourth-order valence-electron chi connectivity index (χ4n) is 2.94. The van der Waals surface area contributed by atoms with E-state index in [0.717, 1.165) is 52.3 Å². The molecular formula is C19H16ClN3. The lowest BCUT2D eigenvalue weighted by atomic mass is 10.0. The van der Waals surface area contributed by atoms with Gasteiger partial charge in [0.05, 0.1) is 22.4 Å². The second-order valence-corrected chi connectivity index (χ2v) is 6.34. The molecule has 2 aromatic carbocycles. The fraction of sp³-hybridized carbons (Fsp3) is 0.211. The first kappa shape index (κ1) is 14.3. The van der Waals surface area contributed by atoms with Gasteiger partial charge >= 0.3 is 0 Å². The zero-order valence-electron chi connectivity index (χ0n) is 12.9. The maximum Gasteiger partial charge on any atom is 0.0890 e. The van der Waals surface area contributed by atoms with Crippen LogP contribution in [0.15, 0.2) is 47.6 Å². The fourth-order valence-corrected chi connectivity index (χ4v) is 3.10. The third-order valence-electron chi connectivity index (χ3n) is 4.20. The Morgan fingerprint density at radius 1 is 1.09 bits per heavy atom. The molecule has 0 fully saturated rings. The molecule has 114 valence electrons. The highest BCUT2D eigenvalue weighted by Gasteiger charge is 2.16. The summed E-state index contributed by atoms with van der Waals surface area (Å²) < 4.78 is 0. The zero-order chi connectivity index (χ0) is 15.8. The van der Waals surface area contributed by atoms with Gasteiger partial charge in [0.2, 0.25) is 0 Å². The van der Waals surface area contributed by atoms with Gasteiger partial charge in [-0.2, -0.15) is 0 Å². The van der Waals surface area contributed by atoms with Gasteiger partial charge in [0, 0.05) is 23.4 Å². The molecular weight excluding hydrogens is 306 g/mol. The van der Waals surface area contributed by atoms with Crippen molar-refractivity contribution in [2.45, 2.75) is 26.2 Å². The number of hydrogen-bond acceptors (Lipinski definition) is 3. The summed E-state index contributed by atoms with van der Waals surface area (Å²) in [6.07, 6.45) is 4.54. The first-order valence-corrected chi connectivity index (χ1v) is 8.13. The number of aliphatic imine (C=N–C) groups is 1. The summed E-state index contributed by atoms with van der Waals surface area (Å²) in [7, 11) is 0. The SMILES string of the molecule is Cc1cc2c(cc1Cl)N=C(CCc1cnc3ccccc3n1)C2. The van der Waals surface area contributed by atoms with Gasteiger partial charge in [0.1, 0.15) is 0 Å². The number of halogens is 1.